The number of hydrogen-bond acceptors (Lipinski definition) is 8. The monoisotopic (exact) mass is 563 g/mol. The van der Waals surface area contributed by atoms with E-state index < -0.39 is 33.6 Å². The molecule has 40 heavy (non-hydrogen) atoms. The average Bonchev–Trinajstić information content (AvgIpc) is 3.55. The van der Waals surface area contributed by atoms with E-state index in [0.717, 1.165) is 18.2 Å². The molecule has 0 bridgehead atoms. The molecule has 5 rings (SSSR count). The fourth-order valence-electron chi connectivity index (χ4n) is 4.82. The van der Waals surface area contributed by atoms with Crippen molar-refractivity contribution < 1.29 is 28.2 Å². The van der Waals surface area contributed by atoms with Gasteiger partial charge >= 0.3 is 0 Å². The number of phenols is 2. The maximum Gasteiger partial charge on any atom is 0.254 e. The van der Waals surface area contributed by atoms with Crippen molar-refractivity contribution in [2.75, 3.05) is 6.54 Å². The molecular formula is C26H25N7O6S. The van der Waals surface area contributed by atoms with Crippen LogP contribution in [-0.2, 0) is 14.8 Å². The Morgan fingerprint density at radius 1 is 1.00 bits per heavy atom. The molecule has 0 radical (unpaired) electrons. The number of imidazole rings is 1. The second kappa shape index (κ2) is 9.66. The quantitative estimate of drug-likeness (QED) is 0.133. The number of H-pyrrole nitrogens is 1. The second-order valence-electron chi connectivity index (χ2n) is 9.43. The number of primary amides is 1. The SMILES string of the molecule is N=C(N)c1ccc2[nH]c(-c3cc(C(=O)N4CCCC4C(N)=O)cc(-c4cc(S(N)(=O)=O)ccc4O)c3O)nc2c1. The van der Waals surface area contributed by atoms with Crippen LogP contribution in [0.15, 0.2) is 53.4 Å². The number of carbonyl (C=O) groups is 2. The summed E-state index contributed by atoms with van der Waals surface area (Å²) in [6.45, 7) is 0.280. The first kappa shape index (κ1) is 26.6. The Labute approximate surface area is 227 Å². The Bertz CT molecular complexity index is 1830. The van der Waals surface area contributed by atoms with Gasteiger partial charge in [0, 0.05) is 28.8 Å². The number of nitrogens with one attached hydrogen (secondary N) is 2. The highest BCUT2D eigenvalue weighted by Gasteiger charge is 2.34. The average molecular weight is 564 g/mol. The lowest BCUT2D eigenvalue weighted by molar-refractivity contribution is -0.121. The molecule has 2 heterocycles. The number of fused-ring (bicyclic) bond motifs is 1. The zero-order valence-electron chi connectivity index (χ0n) is 20.9. The number of benzene rings is 3. The number of sulfonamides is 1. The number of phenolic OH excluding ortho intramolecular Hbond substituents is 2. The van der Waals surface area contributed by atoms with E-state index in [1.165, 1.54) is 17.0 Å². The summed E-state index contributed by atoms with van der Waals surface area (Å²) in [6, 6.07) is 9.99. The molecule has 1 saturated heterocycles. The van der Waals surface area contributed by atoms with Crippen molar-refractivity contribution in [3.63, 3.8) is 0 Å². The van der Waals surface area contributed by atoms with Gasteiger partial charge in [0.25, 0.3) is 5.91 Å². The van der Waals surface area contributed by atoms with Crippen LogP contribution in [0.2, 0.25) is 0 Å². The van der Waals surface area contributed by atoms with Crippen LogP contribution in [0.4, 0.5) is 0 Å². The van der Waals surface area contributed by atoms with Gasteiger partial charge in [0.2, 0.25) is 15.9 Å². The summed E-state index contributed by atoms with van der Waals surface area (Å²) in [6.07, 6.45) is 0.967. The van der Waals surface area contributed by atoms with Crippen LogP contribution in [0.25, 0.3) is 33.5 Å². The predicted octanol–water partition coefficient (Wildman–Crippen LogP) is 1.33. The van der Waals surface area contributed by atoms with Gasteiger partial charge in [0.15, 0.2) is 0 Å². The van der Waals surface area contributed by atoms with E-state index in [-0.39, 0.29) is 51.1 Å². The summed E-state index contributed by atoms with van der Waals surface area (Å²) in [5, 5.41) is 35.0. The second-order valence-corrected chi connectivity index (χ2v) is 11.0. The minimum absolute atomic E-state index is 0.0289. The first-order valence-electron chi connectivity index (χ1n) is 12.0. The third kappa shape index (κ3) is 4.69. The lowest BCUT2D eigenvalue weighted by atomic mass is 9.96. The number of nitrogens with zero attached hydrogens (tertiary/aromatic N) is 2. The summed E-state index contributed by atoms with van der Waals surface area (Å²) in [5.41, 5.74) is 12.4. The molecule has 1 aliphatic rings. The lowest BCUT2D eigenvalue weighted by Crippen LogP contribution is -2.43. The van der Waals surface area contributed by atoms with Crippen molar-refractivity contribution in [3.05, 3.63) is 59.7 Å². The molecule has 14 heteroatoms. The number of aromatic nitrogens is 2. The number of hydrogen-bond donors (Lipinski definition) is 7. The fraction of sp³-hybridized carbons (Fsp3) is 0.154. The molecule has 1 atom stereocenters. The number of rotatable bonds is 6. The normalized spacial score (nSPS) is 15.4. The van der Waals surface area contributed by atoms with Crippen molar-refractivity contribution in [2.45, 2.75) is 23.8 Å². The Balaban J connectivity index is 1.74. The van der Waals surface area contributed by atoms with Crippen LogP contribution in [0.5, 0.6) is 11.5 Å². The zero-order valence-corrected chi connectivity index (χ0v) is 21.7. The predicted molar refractivity (Wildman–Crippen MR) is 146 cm³/mol. The van der Waals surface area contributed by atoms with Crippen LogP contribution < -0.4 is 16.6 Å². The van der Waals surface area contributed by atoms with Crippen molar-refractivity contribution in [1.29, 1.82) is 5.41 Å². The molecule has 1 unspecified atom stereocenters. The Hall–Kier alpha value is -4.95. The van der Waals surface area contributed by atoms with E-state index in [9.17, 15) is 28.2 Å². The smallest absolute Gasteiger partial charge is 0.254 e. The number of amidine groups is 1. The summed E-state index contributed by atoms with van der Waals surface area (Å²) < 4.78 is 24.0. The van der Waals surface area contributed by atoms with Gasteiger partial charge in [-0.15, -0.1) is 0 Å². The van der Waals surface area contributed by atoms with Crippen molar-refractivity contribution in [1.82, 2.24) is 14.9 Å². The van der Waals surface area contributed by atoms with E-state index in [1.54, 1.807) is 18.2 Å². The molecule has 206 valence electrons. The molecule has 0 saturated carbocycles. The molecule has 10 N–H and O–H groups in total. The number of aromatic amines is 1. The number of carbonyl (C=O) groups excluding carboxylic acids is 2. The zero-order chi connectivity index (χ0) is 28.9. The van der Waals surface area contributed by atoms with E-state index in [0.29, 0.717) is 29.4 Å². The summed E-state index contributed by atoms with van der Waals surface area (Å²) >= 11 is 0. The van der Waals surface area contributed by atoms with Crippen LogP contribution >= 0.6 is 0 Å². The highest BCUT2D eigenvalue weighted by molar-refractivity contribution is 7.89. The first-order valence-corrected chi connectivity index (χ1v) is 13.6. The number of likely N-dealkylation sites (tertiary alicyclic amines) is 1. The maximum atomic E-state index is 13.6. The van der Waals surface area contributed by atoms with E-state index in [4.69, 9.17) is 22.0 Å². The minimum Gasteiger partial charge on any atom is -0.507 e. The molecular weight excluding hydrogens is 538 g/mol. The van der Waals surface area contributed by atoms with E-state index in [1.807, 2.05) is 0 Å². The Morgan fingerprint density at radius 3 is 2.40 bits per heavy atom. The molecule has 1 aliphatic heterocycles. The summed E-state index contributed by atoms with van der Waals surface area (Å²) in [7, 11) is -4.18. The fourth-order valence-corrected chi connectivity index (χ4v) is 5.36. The molecule has 1 fully saturated rings. The highest BCUT2D eigenvalue weighted by atomic mass is 32.2. The number of primary sulfonamides is 1. The molecule has 0 spiro atoms. The third-order valence-electron chi connectivity index (χ3n) is 6.83. The Morgan fingerprint density at radius 2 is 1.73 bits per heavy atom. The van der Waals surface area contributed by atoms with Gasteiger partial charge in [-0.3, -0.25) is 15.0 Å². The van der Waals surface area contributed by atoms with Gasteiger partial charge in [-0.05, 0) is 61.4 Å². The van der Waals surface area contributed by atoms with Gasteiger partial charge < -0.3 is 31.6 Å². The van der Waals surface area contributed by atoms with E-state index >= 15 is 0 Å². The first-order chi connectivity index (χ1) is 18.8. The van der Waals surface area contributed by atoms with Crippen LogP contribution in [0.3, 0.4) is 0 Å². The maximum absolute atomic E-state index is 13.6. The van der Waals surface area contributed by atoms with Gasteiger partial charge in [-0.1, -0.05) is 0 Å². The number of amides is 2. The molecule has 0 aliphatic carbocycles. The van der Waals surface area contributed by atoms with Gasteiger partial charge in [0.1, 0.15) is 29.2 Å². The largest absolute Gasteiger partial charge is 0.507 e. The number of aromatic hydroxyl groups is 2. The number of nitrogens with two attached hydrogens (primary N) is 3. The third-order valence-corrected chi connectivity index (χ3v) is 7.75. The van der Waals surface area contributed by atoms with Crippen molar-refractivity contribution in [3.8, 4) is 34.0 Å². The molecule has 2 amide bonds. The van der Waals surface area contributed by atoms with Crippen LogP contribution in [0, 0.1) is 5.41 Å². The van der Waals surface area contributed by atoms with Gasteiger partial charge in [-0.25, -0.2) is 18.5 Å². The van der Waals surface area contributed by atoms with Gasteiger partial charge in [0.05, 0.1) is 21.5 Å². The van der Waals surface area contributed by atoms with Crippen molar-refractivity contribution in [2.24, 2.45) is 16.6 Å². The molecule has 1 aromatic heterocycles. The highest BCUT2D eigenvalue weighted by Crippen LogP contribution is 2.43. The standard InChI is InChI=1S/C26H25N7O6S/c27-23(28)12-3-5-18-19(10-12)32-25(31-18)17-9-13(26(37)33-7-1-2-20(33)24(29)36)8-16(22(17)35)15-11-14(40(30,38)39)4-6-21(15)34/h3-6,8-11,20,34-35H,1-2,7H2,(H3,27,28)(H2,29,36)(H,31,32)(H2,30,38,39). The molecule has 13 nitrogen and oxygen atoms in total. The topological polar surface area (TPSA) is 243 Å². The Kier molecular flexibility index (Phi) is 6.44. The molecule has 4 aromatic rings. The van der Waals surface area contributed by atoms with Crippen molar-refractivity contribution >= 4 is 38.7 Å². The summed E-state index contributed by atoms with van der Waals surface area (Å²) in [5.74, 6) is -2.03. The number of nitrogen functional groups attached to an aromatic ring is 1. The van der Waals surface area contributed by atoms with Crippen LogP contribution in [0.1, 0.15) is 28.8 Å². The summed E-state index contributed by atoms with van der Waals surface area (Å²) in [4.78, 5) is 34.2. The van der Waals surface area contributed by atoms with Crippen LogP contribution in [-0.4, -0.2) is 63.7 Å². The lowest BCUT2D eigenvalue weighted by Gasteiger charge is -2.23. The minimum atomic E-state index is -4.18. The molecule has 3 aromatic carbocycles. The van der Waals surface area contributed by atoms with Gasteiger partial charge in [-0.2, -0.15) is 0 Å². The van der Waals surface area contributed by atoms with E-state index in [2.05, 4.69) is 9.97 Å².